The summed E-state index contributed by atoms with van der Waals surface area (Å²) in [5.74, 6) is 2.07. The molecule has 56 heavy (non-hydrogen) atoms. The molecule has 5 nitrogen and oxygen atoms in total. The summed E-state index contributed by atoms with van der Waals surface area (Å²) in [5.41, 5.74) is 9.99. The molecular formula is C50H49N4OPt-3. The van der Waals surface area contributed by atoms with Gasteiger partial charge in [0.05, 0.1) is 0 Å². The molecule has 8 rings (SSSR count). The van der Waals surface area contributed by atoms with Crippen molar-refractivity contribution in [3.63, 3.8) is 0 Å². The van der Waals surface area contributed by atoms with E-state index in [1.165, 1.54) is 16.7 Å². The van der Waals surface area contributed by atoms with E-state index >= 15 is 0 Å². The average molecular weight is 917 g/mol. The molecule has 0 radical (unpaired) electrons. The number of anilines is 2. The zero-order valence-corrected chi connectivity index (χ0v) is 36.0. The Morgan fingerprint density at radius 3 is 1.93 bits per heavy atom. The molecule has 0 saturated carbocycles. The van der Waals surface area contributed by atoms with Gasteiger partial charge < -0.3 is 19.1 Å². The second-order valence-corrected chi connectivity index (χ2v) is 17.7. The van der Waals surface area contributed by atoms with Gasteiger partial charge in [-0.3, -0.25) is 0 Å². The number of nitrogens with zero attached hydrogens (tertiary/aromatic N) is 4. The predicted octanol–water partition coefficient (Wildman–Crippen LogP) is 13.0. The molecule has 0 saturated heterocycles. The fourth-order valence-corrected chi connectivity index (χ4v) is 7.09. The van der Waals surface area contributed by atoms with Crippen molar-refractivity contribution in [1.29, 1.82) is 0 Å². The van der Waals surface area contributed by atoms with Crippen LogP contribution in [0.4, 0.5) is 11.4 Å². The summed E-state index contributed by atoms with van der Waals surface area (Å²) < 4.78 is 8.90. The van der Waals surface area contributed by atoms with Gasteiger partial charge in [-0.1, -0.05) is 122 Å². The van der Waals surface area contributed by atoms with Gasteiger partial charge in [-0.25, -0.2) is 4.98 Å². The van der Waals surface area contributed by atoms with Gasteiger partial charge in [0.1, 0.15) is 5.82 Å². The molecule has 0 atom stereocenters. The maximum Gasteiger partial charge on any atom is 0.135 e. The third-order valence-corrected chi connectivity index (χ3v) is 10.4. The summed E-state index contributed by atoms with van der Waals surface area (Å²) in [4.78, 5) is 9.15. The molecule has 0 amide bonds. The van der Waals surface area contributed by atoms with Gasteiger partial charge >= 0.3 is 0 Å². The number of aromatic nitrogens is 2. The molecule has 0 N–H and O–H groups in total. The molecule has 0 unspecified atom stereocenters. The first-order valence-electron chi connectivity index (χ1n) is 19.1. The molecule has 5 aromatic carbocycles. The number of pyridine rings is 1. The number of para-hydroxylation sites is 1. The van der Waals surface area contributed by atoms with E-state index in [9.17, 15) is 0 Å². The topological polar surface area (TPSA) is 33.5 Å². The van der Waals surface area contributed by atoms with Crippen molar-refractivity contribution in [3.05, 3.63) is 163 Å². The minimum absolute atomic E-state index is 0. The van der Waals surface area contributed by atoms with Crippen LogP contribution in [-0.2, 0) is 37.3 Å². The standard InChI is InChI=1S/C50H49N4O.Pt/c1-48(2,3)36-21-22-51-47(30-36)54-45-18-14-13-17-43(45)44-20-19-41(32-46(44)54)55-42-26-35(34-15-11-10-12-16-34)25-39(31-42)52-23-24-53(33-52)40-28-37(49(4,5)6)27-38(29-40)50(7,8)9;/h10-30,33H,1-9H3;/q-3;. The van der Waals surface area contributed by atoms with Crippen LogP contribution in [0.2, 0.25) is 0 Å². The smallest absolute Gasteiger partial charge is 0.135 e. The fourth-order valence-electron chi connectivity index (χ4n) is 7.09. The van der Waals surface area contributed by atoms with E-state index in [0.29, 0.717) is 11.5 Å². The van der Waals surface area contributed by atoms with Crippen LogP contribution in [0, 0.1) is 18.8 Å². The van der Waals surface area contributed by atoms with Crippen LogP contribution in [0.5, 0.6) is 11.5 Å². The van der Waals surface area contributed by atoms with E-state index in [4.69, 9.17) is 9.72 Å². The molecule has 1 aliphatic heterocycles. The molecular weight excluding hydrogens is 868 g/mol. The van der Waals surface area contributed by atoms with Crippen molar-refractivity contribution in [3.8, 4) is 28.4 Å². The van der Waals surface area contributed by atoms with E-state index in [1.54, 1.807) is 0 Å². The quantitative estimate of drug-likeness (QED) is 0.156. The van der Waals surface area contributed by atoms with E-state index in [0.717, 1.165) is 50.1 Å². The predicted molar refractivity (Wildman–Crippen MR) is 229 cm³/mol. The molecule has 6 heteroatoms. The Bertz CT molecular complexity index is 2530. The maximum absolute atomic E-state index is 6.71. The summed E-state index contributed by atoms with van der Waals surface area (Å²) in [6.45, 7) is 22.4. The Balaban J connectivity index is 0.00000480. The number of fused-ring (bicyclic) bond motifs is 3. The monoisotopic (exact) mass is 916 g/mol. The summed E-state index contributed by atoms with van der Waals surface area (Å²) in [5, 5.41) is 2.24. The number of rotatable bonds is 6. The second-order valence-electron chi connectivity index (χ2n) is 17.7. The van der Waals surface area contributed by atoms with Crippen LogP contribution >= 0.6 is 0 Å². The van der Waals surface area contributed by atoms with Gasteiger partial charge in [-0.05, 0) is 86.6 Å². The zero-order valence-electron chi connectivity index (χ0n) is 33.7. The second kappa shape index (κ2) is 14.8. The molecule has 288 valence electrons. The Hall–Kier alpha value is -5.12. The van der Waals surface area contributed by atoms with Crippen molar-refractivity contribution in [2.45, 2.75) is 78.6 Å². The number of hydrogen-bond acceptors (Lipinski definition) is 4. The first-order chi connectivity index (χ1) is 26.1. The van der Waals surface area contributed by atoms with Crippen LogP contribution in [0.1, 0.15) is 79.0 Å². The minimum atomic E-state index is -0.0173. The van der Waals surface area contributed by atoms with Crippen LogP contribution in [0.25, 0.3) is 38.8 Å². The van der Waals surface area contributed by atoms with Gasteiger partial charge in [0.2, 0.25) is 0 Å². The summed E-state index contributed by atoms with van der Waals surface area (Å²) >= 11 is 0. The van der Waals surface area contributed by atoms with E-state index in [2.05, 4.69) is 205 Å². The van der Waals surface area contributed by atoms with Crippen molar-refractivity contribution in [2.75, 3.05) is 9.80 Å². The summed E-state index contributed by atoms with van der Waals surface area (Å²) in [7, 11) is 0. The van der Waals surface area contributed by atoms with Crippen molar-refractivity contribution >= 4 is 33.2 Å². The molecule has 0 aliphatic carbocycles. The van der Waals surface area contributed by atoms with Crippen LogP contribution < -0.4 is 14.5 Å². The fraction of sp³-hybridized carbons (Fsp3) is 0.240. The number of hydrogen-bond donors (Lipinski definition) is 0. The van der Waals surface area contributed by atoms with E-state index in [1.807, 2.05) is 18.3 Å². The summed E-state index contributed by atoms with van der Waals surface area (Å²) in [6.07, 6.45) is 6.10. The van der Waals surface area contributed by atoms with Gasteiger partial charge in [0.25, 0.3) is 0 Å². The summed E-state index contributed by atoms with van der Waals surface area (Å²) in [6, 6.07) is 45.7. The van der Waals surface area contributed by atoms with Gasteiger partial charge in [-0.15, -0.1) is 53.6 Å². The van der Waals surface area contributed by atoms with Gasteiger partial charge in [0, 0.05) is 50.0 Å². The largest absolute Gasteiger partial charge is 0.509 e. The zero-order chi connectivity index (χ0) is 38.7. The molecule has 0 spiro atoms. The number of benzene rings is 5. The van der Waals surface area contributed by atoms with Crippen molar-refractivity contribution in [1.82, 2.24) is 9.55 Å². The molecule has 3 heterocycles. The molecule has 7 aromatic rings. The van der Waals surface area contributed by atoms with Crippen LogP contribution in [0.15, 0.2) is 128 Å². The molecule has 1 aliphatic rings. The van der Waals surface area contributed by atoms with Gasteiger partial charge in [0.15, 0.2) is 0 Å². The molecule has 0 bridgehead atoms. The average Bonchev–Trinajstić information content (AvgIpc) is 3.78. The molecule has 2 aromatic heterocycles. The minimum Gasteiger partial charge on any atom is -0.509 e. The Morgan fingerprint density at radius 1 is 0.571 bits per heavy atom. The normalized spacial score (nSPS) is 13.4. The Kier molecular flexibility index (Phi) is 10.3. The van der Waals surface area contributed by atoms with Crippen LogP contribution in [-0.4, -0.2) is 9.55 Å². The number of ether oxygens (including phenoxy) is 1. The van der Waals surface area contributed by atoms with Crippen molar-refractivity contribution < 1.29 is 25.8 Å². The first kappa shape index (κ1) is 39.1. The third kappa shape index (κ3) is 7.80. The van der Waals surface area contributed by atoms with Gasteiger partial charge in [-0.2, -0.15) is 6.07 Å². The SMILES string of the molecule is CC(C)(C)c1cc(N2C=CN(c3[c-]c(Oc4[c-]c5c(cc4)c4ccccc4n5-c4cc(C(C)(C)C)ccn4)cc(-c4ccccc4)c3)[CH-]2)cc(C(C)(C)C)c1.[Pt]. The third-order valence-electron chi connectivity index (χ3n) is 10.4. The Labute approximate surface area is 346 Å². The van der Waals surface area contributed by atoms with Crippen molar-refractivity contribution in [2.24, 2.45) is 0 Å². The maximum atomic E-state index is 6.71. The molecule has 0 fully saturated rings. The first-order valence-corrected chi connectivity index (χ1v) is 19.1. The van der Waals surface area contributed by atoms with E-state index < -0.39 is 0 Å². The van der Waals surface area contributed by atoms with Crippen LogP contribution in [0.3, 0.4) is 0 Å². The Morgan fingerprint density at radius 2 is 1.23 bits per heavy atom. The van der Waals surface area contributed by atoms with E-state index in [-0.39, 0.29) is 37.3 Å².